The van der Waals surface area contributed by atoms with Gasteiger partial charge in [-0.15, -0.1) is 0 Å². The van der Waals surface area contributed by atoms with Gasteiger partial charge in [-0.2, -0.15) is 10.1 Å². The Kier molecular flexibility index (Phi) is 5.06. The monoisotopic (exact) mass is 438 g/mol. The number of nitrogen functional groups attached to an aromatic ring is 1. The van der Waals surface area contributed by atoms with Crippen LogP contribution < -0.4 is 16.6 Å². The molecule has 5 rings (SSSR count). The predicted octanol–water partition coefficient (Wildman–Crippen LogP) is 3.33. The maximum atomic E-state index is 14.0. The zero-order chi connectivity index (χ0) is 22.9. The number of rotatable bonds is 5. The molecule has 33 heavy (non-hydrogen) atoms. The molecule has 3 heterocycles. The van der Waals surface area contributed by atoms with E-state index in [2.05, 4.69) is 25.4 Å². The largest absolute Gasteiger partial charge is 0.368 e. The Morgan fingerprint density at radius 3 is 2.61 bits per heavy atom. The first-order valence-corrected chi connectivity index (χ1v) is 10.5. The summed E-state index contributed by atoms with van der Waals surface area (Å²) >= 11 is 0. The lowest BCUT2D eigenvalue weighted by Gasteiger charge is -2.21. The predicted molar refractivity (Wildman–Crippen MR) is 128 cm³/mol. The van der Waals surface area contributed by atoms with Crippen molar-refractivity contribution in [1.29, 1.82) is 0 Å². The van der Waals surface area contributed by atoms with Gasteiger partial charge in [0.25, 0.3) is 5.56 Å². The fourth-order valence-corrected chi connectivity index (χ4v) is 3.99. The molecule has 0 aliphatic carbocycles. The van der Waals surface area contributed by atoms with Crippen molar-refractivity contribution in [2.75, 3.05) is 11.1 Å². The third-order valence-corrected chi connectivity index (χ3v) is 5.49. The molecule has 0 radical (unpaired) electrons. The van der Waals surface area contributed by atoms with Crippen LogP contribution in [0.5, 0.6) is 0 Å². The summed E-state index contributed by atoms with van der Waals surface area (Å²) in [5.74, 6) is 0.464. The molecule has 9 heteroatoms. The van der Waals surface area contributed by atoms with Crippen molar-refractivity contribution in [3.63, 3.8) is 0 Å². The highest BCUT2D eigenvalue weighted by Gasteiger charge is 2.19. The van der Waals surface area contributed by atoms with Gasteiger partial charge in [0, 0.05) is 30.2 Å². The normalized spacial score (nSPS) is 12.1. The summed E-state index contributed by atoms with van der Waals surface area (Å²) in [5, 5.41) is 8.99. The van der Waals surface area contributed by atoms with Gasteiger partial charge >= 0.3 is 0 Å². The molecule has 164 valence electrons. The van der Waals surface area contributed by atoms with E-state index >= 15 is 0 Å². The van der Waals surface area contributed by atoms with Crippen LogP contribution in [0.4, 0.5) is 11.9 Å². The van der Waals surface area contributed by atoms with Crippen molar-refractivity contribution in [1.82, 2.24) is 29.3 Å². The van der Waals surface area contributed by atoms with Crippen molar-refractivity contribution in [2.24, 2.45) is 7.05 Å². The second-order valence-electron chi connectivity index (χ2n) is 7.75. The molecule has 2 aromatic carbocycles. The molecule has 0 saturated carbocycles. The van der Waals surface area contributed by atoms with Gasteiger partial charge in [-0.1, -0.05) is 36.4 Å². The summed E-state index contributed by atoms with van der Waals surface area (Å²) < 4.78 is 3.45. The minimum absolute atomic E-state index is 0.114. The van der Waals surface area contributed by atoms with Gasteiger partial charge in [-0.25, -0.2) is 9.97 Å². The second kappa shape index (κ2) is 8.19. The topological polar surface area (TPSA) is 117 Å². The summed E-state index contributed by atoms with van der Waals surface area (Å²) in [5.41, 5.74) is 8.85. The fourth-order valence-electron chi connectivity index (χ4n) is 3.99. The lowest BCUT2D eigenvalue weighted by atomic mass is 10.00. The first-order valence-electron chi connectivity index (χ1n) is 10.5. The van der Waals surface area contributed by atoms with Crippen LogP contribution in [-0.2, 0) is 7.05 Å². The van der Waals surface area contributed by atoms with Crippen LogP contribution in [0.2, 0.25) is 0 Å². The van der Waals surface area contributed by atoms with Crippen molar-refractivity contribution in [3.05, 3.63) is 89.4 Å². The van der Waals surface area contributed by atoms with E-state index in [1.807, 2.05) is 74.8 Å². The summed E-state index contributed by atoms with van der Waals surface area (Å²) in [6.07, 6.45) is 5.02. The highest BCUT2D eigenvalue weighted by Crippen LogP contribution is 2.29. The van der Waals surface area contributed by atoms with E-state index in [1.165, 1.54) is 6.33 Å². The zero-order valence-corrected chi connectivity index (χ0v) is 18.2. The van der Waals surface area contributed by atoms with Crippen LogP contribution in [0.3, 0.4) is 0 Å². The molecular weight excluding hydrogens is 416 g/mol. The molecule has 5 aromatic rings. The third-order valence-electron chi connectivity index (χ3n) is 5.49. The number of benzene rings is 2. The average Bonchev–Trinajstić information content (AvgIpc) is 3.25. The number of anilines is 2. The summed E-state index contributed by atoms with van der Waals surface area (Å²) in [4.78, 5) is 26.1. The molecule has 3 N–H and O–H groups in total. The minimum Gasteiger partial charge on any atom is -0.368 e. The van der Waals surface area contributed by atoms with Gasteiger partial charge in [0.15, 0.2) is 0 Å². The Bertz CT molecular complexity index is 1510. The van der Waals surface area contributed by atoms with E-state index in [0.29, 0.717) is 11.3 Å². The van der Waals surface area contributed by atoms with Gasteiger partial charge in [0.05, 0.1) is 17.6 Å². The minimum atomic E-state index is -0.300. The molecule has 1 unspecified atom stereocenters. The fraction of sp³-hybridized carbons (Fsp3) is 0.125. The summed E-state index contributed by atoms with van der Waals surface area (Å²) in [6.45, 7) is 1.95. The Morgan fingerprint density at radius 1 is 1.06 bits per heavy atom. The molecule has 0 fully saturated rings. The Balaban J connectivity index is 1.74. The van der Waals surface area contributed by atoms with Crippen molar-refractivity contribution >= 4 is 22.7 Å². The standard InChI is InChI=1S/C24H22N8O/c1-15(29-24-27-14-26-23(25)30-24)20-11-16-7-6-10-19(17-12-28-31(2)13-17)21(16)22(33)32(20)18-8-4-3-5-9-18/h3-15H,1-2H3,(H3,25,26,27,29,30). The Hall–Kier alpha value is -4.53. The van der Waals surface area contributed by atoms with Gasteiger partial charge in [-0.05, 0) is 36.1 Å². The number of aryl methyl sites for hydroxylation is 1. The third kappa shape index (κ3) is 3.80. The Labute approximate surface area is 189 Å². The van der Waals surface area contributed by atoms with E-state index < -0.39 is 0 Å². The quantitative estimate of drug-likeness (QED) is 0.432. The van der Waals surface area contributed by atoms with Crippen LogP contribution >= 0.6 is 0 Å². The number of fused-ring (bicyclic) bond motifs is 1. The highest BCUT2D eigenvalue weighted by molar-refractivity contribution is 5.96. The molecule has 1 atom stereocenters. The van der Waals surface area contributed by atoms with Crippen LogP contribution in [0.15, 0.2) is 78.1 Å². The number of nitrogens with one attached hydrogen (secondary N) is 1. The summed E-state index contributed by atoms with van der Waals surface area (Å²) in [7, 11) is 1.86. The molecule has 9 nitrogen and oxygen atoms in total. The van der Waals surface area contributed by atoms with Crippen LogP contribution in [0, 0.1) is 0 Å². The van der Waals surface area contributed by atoms with Crippen LogP contribution in [0.25, 0.3) is 27.6 Å². The molecule has 0 bridgehead atoms. The number of nitrogens with two attached hydrogens (primary N) is 1. The smallest absolute Gasteiger partial charge is 0.263 e. The number of para-hydroxylation sites is 1. The molecule has 0 aliphatic heterocycles. The van der Waals surface area contributed by atoms with E-state index in [0.717, 1.165) is 27.9 Å². The van der Waals surface area contributed by atoms with Crippen molar-refractivity contribution < 1.29 is 0 Å². The first kappa shape index (κ1) is 20.4. The van der Waals surface area contributed by atoms with Gasteiger partial charge in [0.2, 0.25) is 11.9 Å². The second-order valence-corrected chi connectivity index (χ2v) is 7.75. The number of nitrogens with zero attached hydrogens (tertiary/aromatic N) is 6. The van der Waals surface area contributed by atoms with E-state index in [4.69, 9.17) is 5.73 Å². The average molecular weight is 438 g/mol. The van der Waals surface area contributed by atoms with Crippen molar-refractivity contribution in [2.45, 2.75) is 13.0 Å². The first-order chi connectivity index (χ1) is 16.0. The maximum Gasteiger partial charge on any atom is 0.263 e. The van der Waals surface area contributed by atoms with Crippen molar-refractivity contribution in [3.8, 4) is 16.8 Å². The molecule has 0 aliphatic rings. The van der Waals surface area contributed by atoms with E-state index in [1.54, 1.807) is 15.4 Å². The van der Waals surface area contributed by atoms with Gasteiger partial charge in [-0.3, -0.25) is 14.0 Å². The molecule has 3 aromatic heterocycles. The number of pyridine rings is 1. The lowest BCUT2D eigenvalue weighted by Crippen LogP contribution is -2.26. The zero-order valence-electron chi connectivity index (χ0n) is 18.2. The van der Waals surface area contributed by atoms with Gasteiger partial charge < -0.3 is 11.1 Å². The Morgan fingerprint density at radius 2 is 1.88 bits per heavy atom. The van der Waals surface area contributed by atoms with Gasteiger partial charge in [0.1, 0.15) is 6.33 Å². The molecule has 0 spiro atoms. The number of hydrogen-bond donors (Lipinski definition) is 2. The van der Waals surface area contributed by atoms with Crippen LogP contribution in [0.1, 0.15) is 18.7 Å². The SMILES string of the molecule is CC(Nc1ncnc(N)n1)c1cc2cccc(-c3cnn(C)c3)c2c(=O)n1-c1ccccc1. The van der Waals surface area contributed by atoms with Crippen LogP contribution in [-0.4, -0.2) is 29.3 Å². The number of aromatic nitrogens is 6. The number of hydrogen-bond acceptors (Lipinski definition) is 7. The summed E-state index contributed by atoms with van der Waals surface area (Å²) in [6, 6.07) is 17.1. The molecule has 0 saturated heterocycles. The lowest BCUT2D eigenvalue weighted by molar-refractivity contribution is 0.766. The highest BCUT2D eigenvalue weighted by atomic mass is 16.1. The molecule has 0 amide bonds. The maximum absolute atomic E-state index is 14.0. The van der Waals surface area contributed by atoms with E-state index in [-0.39, 0.29) is 17.5 Å². The molecular formula is C24H22N8O. The van der Waals surface area contributed by atoms with E-state index in [9.17, 15) is 4.79 Å².